The number of benzene rings is 1. The highest BCUT2D eigenvalue weighted by Gasteiger charge is 2.32. The Hall–Kier alpha value is -2.09. The van der Waals surface area contributed by atoms with Crippen LogP contribution in [0.1, 0.15) is 37.3 Å². The molecule has 0 unspecified atom stereocenters. The van der Waals surface area contributed by atoms with Crippen molar-refractivity contribution in [1.82, 2.24) is 20.1 Å². The van der Waals surface area contributed by atoms with Crippen molar-refractivity contribution in [2.45, 2.75) is 43.4 Å². The standard InChI is InChI=1S/C18H22FN5OS/c19-14-5-3-13(4-6-14)11-20-16(25)12-26-18-22-21-17(23-9-1-2-10-23)24(18)15-7-8-15/h3-6,15H,1-2,7-12H2,(H,20,25). The summed E-state index contributed by atoms with van der Waals surface area (Å²) in [7, 11) is 0. The first-order valence-electron chi connectivity index (χ1n) is 9.04. The third-order valence-corrected chi connectivity index (χ3v) is 5.63. The van der Waals surface area contributed by atoms with E-state index in [4.69, 9.17) is 0 Å². The van der Waals surface area contributed by atoms with E-state index < -0.39 is 0 Å². The molecule has 1 aromatic carbocycles. The topological polar surface area (TPSA) is 63.1 Å². The predicted molar refractivity (Wildman–Crippen MR) is 98.7 cm³/mol. The number of anilines is 1. The first-order chi connectivity index (χ1) is 12.7. The lowest BCUT2D eigenvalue weighted by Gasteiger charge is -2.17. The molecule has 0 spiro atoms. The molecular formula is C18H22FN5OS. The number of thioether (sulfide) groups is 1. The third-order valence-electron chi connectivity index (χ3n) is 4.68. The Morgan fingerprint density at radius 3 is 2.62 bits per heavy atom. The number of hydrogen-bond acceptors (Lipinski definition) is 5. The molecule has 4 rings (SSSR count). The highest BCUT2D eigenvalue weighted by atomic mass is 32.2. The van der Waals surface area contributed by atoms with Crippen LogP contribution >= 0.6 is 11.8 Å². The van der Waals surface area contributed by atoms with Gasteiger partial charge in [0.05, 0.1) is 5.75 Å². The van der Waals surface area contributed by atoms with Gasteiger partial charge < -0.3 is 10.2 Å². The summed E-state index contributed by atoms with van der Waals surface area (Å²) in [6.07, 6.45) is 4.71. The van der Waals surface area contributed by atoms with E-state index in [-0.39, 0.29) is 11.7 Å². The van der Waals surface area contributed by atoms with E-state index in [1.165, 1.54) is 36.7 Å². The molecule has 6 nitrogen and oxygen atoms in total. The van der Waals surface area contributed by atoms with Gasteiger partial charge in [0.1, 0.15) is 5.82 Å². The van der Waals surface area contributed by atoms with Crippen molar-refractivity contribution in [3.8, 4) is 0 Å². The van der Waals surface area contributed by atoms with Crippen LogP contribution in [0, 0.1) is 5.82 Å². The van der Waals surface area contributed by atoms with E-state index in [2.05, 4.69) is 25.0 Å². The number of halogens is 1. The predicted octanol–water partition coefficient (Wildman–Crippen LogP) is 2.76. The van der Waals surface area contributed by atoms with Crippen LogP contribution in [0.25, 0.3) is 0 Å². The Labute approximate surface area is 156 Å². The molecule has 26 heavy (non-hydrogen) atoms. The van der Waals surface area contributed by atoms with Crippen LogP contribution in [-0.4, -0.2) is 39.5 Å². The zero-order valence-corrected chi connectivity index (χ0v) is 15.3. The largest absolute Gasteiger partial charge is 0.351 e. The summed E-state index contributed by atoms with van der Waals surface area (Å²) >= 11 is 1.43. The minimum atomic E-state index is -0.274. The Bertz CT molecular complexity index is 768. The van der Waals surface area contributed by atoms with Crippen LogP contribution in [0.3, 0.4) is 0 Å². The van der Waals surface area contributed by atoms with E-state index in [0.29, 0.717) is 18.3 Å². The van der Waals surface area contributed by atoms with Gasteiger partial charge >= 0.3 is 0 Å². The Balaban J connectivity index is 1.34. The zero-order chi connectivity index (χ0) is 17.9. The lowest BCUT2D eigenvalue weighted by atomic mass is 10.2. The van der Waals surface area contributed by atoms with E-state index in [1.54, 1.807) is 12.1 Å². The van der Waals surface area contributed by atoms with Crippen LogP contribution in [-0.2, 0) is 11.3 Å². The fourth-order valence-electron chi connectivity index (χ4n) is 3.14. The molecule has 0 radical (unpaired) electrons. The highest BCUT2D eigenvalue weighted by molar-refractivity contribution is 7.99. The fourth-order valence-corrected chi connectivity index (χ4v) is 3.97. The average molecular weight is 375 g/mol. The van der Waals surface area contributed by atoms with Crippen LogP contribution in [0.4, 0.5) is 10.3 Å². The van der Waals surface area contributed by atoms with Crippen LogP contribution in [0.2, 0.25) is 0 Å². The normalized spacial score (nSPS) is 16.9. The van der Waals surface area contributed by atoms with E-state index >= 15 is 0 Å². The van der Waals surface area contributed by atoms with Crippen molar-refractivity contribution >= 4 is 23.6 Å². The average Bonchev–Trinajstić information content (AvgIpc) is 3.17. The van der Waals surface area contributed by atoms with E-state index in [9.17, 15) is 9.18 Å². The molecule has 2 aliphatic rings. The maximum absolute atomic E-state index is 12.9. The second-order valence-corrected chi connectivity index (χ2v) is 7.71. The molecular weight excluding hydrogens is 353 g/mol. The molecule has 1 aliphatic carbocycles. The molecule has 1 amide bonds. The van der Waals surface area contributed by atoms with Gasteiger partial charge in [0.2, 0.25) is 11.9 Å². The molecule has 1 N–H and O–H groups in total. The number of carbonyl (C=O) groups is 1. The number of amides is 1. The fraction of sp³-hybridized carbons (Fsp3) is 0.500. The number of aromatic nitrogens is 3. The van der Waals surface area contributed by atoms with Gasteiger partial charge in [0, 0.05) is 25.7 Å². The quantitative estimate of drug-likeness (QED) is 0.754. The first kappa shape index (κ1) is 17.3. The molecule has 138 valence electrons. The summed E-state index contributed by atoms with van der Waals surface area (Å²) in [4.78, 5) is 14.4. The van der Waals surface area contributed by atoms with Gasteiger partial charge in [-0.2, -0.15) is 0 Å². The number of nitrogens with zero attached hydrogens (tertiary/aromatic N) is 4. The van der Waals surface area contributed by atoms with Crippen molar-refractivity contribution in [2.24, 2.45) is 0 Å². The third kappa shape index (κ3) is 4.00. The van der Waals surface area contributed by atoms with Gasteiger partial charge in [-0.3, -0.25) is 9.36 Å². The molecule has 1 saturated carbocycles. The summed E-state index contributed by atoms with van der Waals surface area (Å²) in [6, 6.07) is 6.62. The van der Waals surface area contributed by atoms with Gasteiger partial charge in [-0.05, 0) is 43.4 Å². The molecule has 8 heteroatoms. The van der Waals surface area contributed by atoms with Crippen molar-refractivity contribution in [3.05, 3.63) is 35.6 Å². The lowest BCUT2D eigenvalue weighted by Crippen LogP contribution is -2.25. The van der Waals surface area contributed by atoms with E-state index in [1.807, 2.05) is 0 Å². The number of carbonyl (C=O) groups excluding carboxylic acids is 1. The van der Waals surface area contributed by atoms with Crippen molar-refractivity contribution in [1.29, 1.82) is 0 Å². The molecule has 1 aliphatic heterocycles. The molecule has 2 fully saturated rings. The van der Waals surface area contributed by atoms with Crippen molar-refractivity contribution < 1.29 is 9.18 Å². The molecule has 2 heterocycles. The summed E-state index contributed by atoms with van der Waals surface area (Å²) in [5.74, 6) is 0.918. The minimum Gasteiger partial charge on any atom is -0.351 e. The zero-order valence-electron chi connectivity index (χ0n) is 14.5. The maximum atomic E-state index is 12.9. The second-order valence-electron chi connectivity index (χ2n) is 6.77. The van der Waals surface area contributed by atoms with E-state index in [0.717, 1.165) is 42.6 Å². The molecule has 2 aromatic rings. The summed E-state index contributed by atoms with van der Waals surface area (Å²) < 4.78 is 15.1. The summed E-state index contributed by atoms with van der Waals surface area (Å²) in [5.41, 5.74) is 0.877. The SMILES string of the molecule is O=C(CSc1nnc(N2CCCC2)n1C1CC1)NCc1ccc(F)cc1. The summed E-state index contributed by atoms with van der Waals surface area (Å²) in [6.45, 7) is 2.47. The van der Waals surface area contributed by atoms with Gasteiger partial charge in [0.15, 0.2) is 5.16 Å². The Morgan fingerprint density at radius 2 is 1.92 bits per heavy atom. The van der Waals surface area contributed by atoms with Gasteiger partial charge in [-0.15, -0.1) is 10.2 Å². The molecule has 0 atom stereocenters. The number of hydrogen-bond donors (Lipinski definition) is 1. The van der Waals surface area contributed by atoms with Crippen LogP contribution in [0.5, 0.6) is 0 Å². The smallest absolute Gasteiger partial charge is 0.230 e. The number of nitrogens with one attached hydrogen (secondary N) is 1. The second kappa shape index (κ2) is 7.65. The van der Waals surface area contributed by atoms with Crippen LogP contribution in [0.15, 0.2) is 29.4 Å². The first-order valence-corrected chi connectivity index (χ1v) is 10.0. The lowest BCUT2D eigenvalue weighted by molar-refractivity contribution is -0.118. The monoisotopic (exact) mass is 375 g/mol. The number of rotatable bonds is 7. The van der Waals surface area contributed by atoms with Gasteiger partial charge in [-0.1, -0.05) is 23.9 Å². The molecule has 1 aromatic heterocycles. The highest BCUT2D eigenvalue weighted by Crippen LogP contribution is 2.41. The minimum absolute atomic E-state index is 0.0626. The Kier molecular flexibility index (Phi) is 5.10. The van der Waals surface area contributed by atoms with Crippen LogP contribution < -0.4 is 10.2 Å². The maximum Gasteiger partial charge on any atom is 0.230 e. The van der Waals surface area contributed by atoms with Crippen molar-refractivity contribution in [2.75, 3.05) is 23.7 Å². The Morgan fingerprint density at radius 1 is 1.19 bits per heavy atom. The summed E-state index contributed by atoms with van der Waals surface area (Å²) in [5, 5.41) is 12.4. The molecule has 1 saturated heterocycles. The molecule has 0 bridgehead atoms. The van der Waals surface area contributed by atoms with Gasteiger partial charge in [0.25, 0.3) is 0 Å². The van der Waals surface area contributed by atoms with Crippen molar-refractivity contribution in [3.63, 3.8) is 0 Å². The van der Waals surface area contributed by atoms with Gasteiger partial charge in [-0.25, -0.2) is 4.39 Å².